The van der Waals surface area contributed by atoms with Crippen LogP contribution in [0.5, 0.6) is 0 Å². The van der Waals surface area contributed by atoms with Gasteiger partial charge >= 0.3 is 11.9 Å². The van der Waals surface area contributed by atoms with E-state index >= 15 is 0 Å². The smallest absolute Gasteiger partial charge is 0.275 e. The highest BCUT2D eigenvalue weighted by molar-refractivity contribution is 6.30. The molecule has 2 aromatic heterocycles. The van der Waals surface area contributed by atoms with E-state index in [0.29, 0.717) is 15.8 Å². The summed E-state index contributed by atoms with van der Waals surface area (Å²) in [5.41, 5.74) is -0.0980. The maximum Gasteiger partial charge on any atom is 0.390 e. The highest BCUT2D eigenvalue weighted by Crippen LogP contribution is 2.27. The quantitative estimate of drug-likeness (QED) is 0.235. The van der Waals surface area contributed by atoms with Crippen molar-refractivity contribution in [1.29, 1.82) is 0 Å². The molecule has 38 heavy (non-hydrogen) atoms. The Kier molecular flexibility index (Phi) is 7.85. The molecule has 0 radical (unpaired) electrons. The first kappa shape index (κ1) is 27.3. The van der Waals surface area contributed by atoms with Gasteiger partial charge in [-0.3, -0.25) is 14.6 Å². The van der Waals surface area contributed by atoms with Crippen molar-refractivity contribution >= 4 is 17.3 Å². The lowest BCUT2D eigenvalue weighted by Crippen LogP contribution is -2.27. The number of hydrogen-bond donors (Lipinski definition) is 1. The first-order valence-electron chi connectivity index (χ1n) is 11.2. The van der Waals surface area contributed by atoms with Crippen molar-refractivity contribution < 1.29 is 27.6 Å². The summed E-state index contributed by atoms with van der Waals surface area (Å²) in [5.74, 6) is -0.179. The lowest BCUT2D eigenvalue weighted by atomic mass is 10.2. The van der Waals surface area contributed by atoms with Gasteiger partial charge in [0.15, 0.2) is 23.6 Å². The number of alkyl halides is 4. The Hall–Kier alpha value is -3.75. The van der Waals surface area contributed by atoms with Crippen molar-refractivity contribution in [1.82, 2.24) is 29.1 Å². The first-order valence-corrected chi connectivity index (χ1v) is 11.6. The van der Waals surface area contributed by atoms with Crippen molar-refractivity contribution in [2.24, 2.45) is 0 Å². The Balaban J connectivity index is 1.77. The summed E-state index contributed by atoms with van der Waals surface area (Å²) in [7, 11) is 1.22. The predicted octanol–water partition coefficient (Wildman–Crippen LogP) is 4.73. The lowest BCUT2D eigenvalue weighted by Gasteiger charge is -2.17. The molecule has 1 unspecified atom stereocenters. The molecule has 202 valence electrons. The molecular weight excluding hydrogens is 534 g/mol. The molecule has 1 atom stereocenters. The zero-order valence-corrected chi connectivity index (χ0v) is 20.9. The molecule has 0 fully saturated rings. The standard InChI is InChI=1S/C23H22ClF4N7O3/c1-14(25)20-29-19(30-34(20)17-5-3-4-6-18(17)35(37)38-2)13-33-22(36)32(12-11-23(26,27)28)21(31-33)15-7-9-16(24)10-8-15/h3-10,14,37H,11-13H2,1-2H3. The van der Waals surface area contributed by atoms with Crippen LogP contribution in [-0.2, 0) is 17.9 Å². The highest BCUT2D eigenvalue weighted by atomic mass is 35.5. The van der Waals surface area contributed by atoms with Crippen LogP contribution in [0.2, 0.25) is 5.02 Å². The topological polar surface area (TPSA) is 103 Å². The minimum absolute atomic E-state index is 0.00389. The number of hydrogen-bond acceptors (Lipinski definition) is 7. The third-order valence-corrected chi connectivity index (χ3v) is 5.71. The van der Waals surface area contributed by atoms with Gasteiger partial charge in [0.25, 0.3) is 0 Å². The van der Waals surface area contributed by atoms with Gasteiger partial charge in [0.1, 0.15) is 12.2 Å². The molecule has 10 nitrogen and oxygen atoms in total. The Morgan fingerprint density at radius 1 is 1.13 bits per heavy atom. The molecule has 0 amide bonds. The van der Waals surface area contributed by atoms with Crippen molar-refractivity contribution in [3.63, 3.8) is 0 Å². The molecule has 1 N–H and O–H groups in total. The molecular formula is C23H22ClF4N7O3. The minimum atomic E-state index is -4.50. The van der Waals surface area contributed by atoms with Gasteiger partial charge in [-0.25, -0.2) is 23.5 Å². The van der Waals surface area contributed by atoms with E-state index in [1.54, 1.807) is 18.2 Å². The second-order valence-electron chi connectivity index (χ2n) is 8.15. The molecule has 2 aromatic carbocycles. The second-order valence-corrected chi connectivity index (χ2v) is 8.58. The van der Waals surface area contributed by atoms with Gasteiger partial charge in [0.2, 0.25) is 0 Å². The van der Waals surface area contributed by atoms with Gasteiger partial charge in [0.05, 0.1) is 19.2 Å². The number of aromatic nitrogens is 6. The molecule has 0 saturated carbocycles. The van der Waals surface area contributed by atoms with Gasteiger partial charge in [-0.05, 0) is 43.3 Å². The van der Waals surface area contributed by atoms with Gasteiger partial charge in [0, 0.05) is 17.1 Å². The number of halogens is 5. The highest BCUT2D eigenvalue weighted by Gasteiger charge is 2.29. The van der Waals surface area contributed by atoms with Crippen LogP contribution in [0, 0.1) is 0 Å². The third-order valence-electron chi connectivity index (χ3n) is 5.46. The molecule has 0 aliphatic rings. The molecule has 0 aliphatic heterocycles. The monoisotopic (exact) mass is 555 g/mol. The van der Waals surface area contributed by atoms with Crippen LogP contribution in [0.15, 0.2) is 53.3 Å². The van der Waals surface area contributed by atoms with Crippen LogP contribution in [-0.4, -0.2) is 47.6 Å². The Morgan fingerprint density at radius 3 is 2.45 bits per heavy atom. The molecule has 0 aliphatic carbocycles. The number of rotatable bonds is 9. The summed E-state index contributed by atoms with van der Waals surface area (Å²) >= 11 is 5.92. The maximum atomic E-state index is 14.5. The van der Waals surface area contributed by atoms with Gasteiger partial charge in [-0.15, -0.1) is 15.4 Å². The van der Waals surface area contributed by atoms with E-state index in [9.17, 15) is 27.6 Å². The van der Waals surface area contributed by atoms with E-state index in [1.807, 2.05) is 0 Å². The molecule has 0 bridgehead atoms. The Bertz CT molecular complexity index is 1470. The van der Waals surface area contributed by atoms with Crippen LogP contribution in [0.1, 0.15) is 31.2 Å². The van der Waals surface area contributed by atoms with Crippen molar-refractivity contribution in [3.05, 3.63) is 75.7 Å². The largest absolute Gasteiger partial charge is 0.390 e. The van der Waals surface area contributed by atoms with Crippen molar-refractivity contribution in [3.8, 4) is 17.1 Å². The Morgan fingerprint density at radius 2 is 1.82 bits per heavy atom. The van der Waals surface area contributed by atoms with E-state index in [-0.39, 0.29) is 35.4 Å². The summed E-state index contributed by atoms with van der Waals surface area (Å²) in [4.78, 5) is 22.1. The normalized spacial score (nSPS) is 12.6. The zero-order valence-electron chi connectivity index (χ0n) is 20.1. The maximum absolute atomic E-state index is 14.5. The SMILES string of the molecule is CON(O)c1ccccc1-n1nc(Cn2nc(-c3ccc(Cl)cc3)n(CCC(F)(F)F)c2=O)nc1C(C)F. The molecule has 4 aromatic rings. The zero-order chi connectivity index (χ0) is 27.6. The summed E-state index contributed by atoms with van der Waals surface area (Å²) < 4.78 is 56.4. The van der Waals surface area contributed by atoms with Crippen LogP contribution >= 0.6 is 11.6 Å². The van der Waals surface area contributed by atoms with E-state index in [4.69, 9.17) is 16.4 Å². The molecule has 15 heteroatoms. The van der Waals surface area contributed by atoms with Gasteiger partial charge < -0.3 is 0 Å². The molecule has 0 spiro atoms. The average molecular weight is 556 g/mol. The van der Waals surface area contributed by atoms with Crippen LogP contribution in [0.4, 0.5) is 23.2 Å². The van der Waals surface area contributed by atoms with Crippen LogP contribution < -0.4 is 10.9 Å². The summed E-state index contributed by atoms with van der Waals surface area (Å²) in [6.07, 6.45) is -7.35. The fourth-order valence-electron chi connectivity index (χ4n) is 3.70. The van der Waals surface area contributed by atoms with E-state index in [2.05, 4.69) is 15.2 Å². The number of anilines is 1. The molecule has 0 saturated heterocycles. The van der Waals surface area contributed by atoms with E-state index < -0.39 is 31.0 Å². The first-order chi connectivity index (χ1) is 18.0. The second kappa shape index (κ2) is 10.9. The number of nitrogens with zero attached hydrogens (tertiary/aromatic N) is 7. The fraction of sp³-hybridized carbons (Fsp3) is 0.304. The minimum Gasteiger partial charge on any atom is -0.275 e. The predicted molar refractivity (Wildman–Crippen MR) is 129 cm³/mol. The summed E-state index contributed by atoms with van der Waals surface area (Å²) in [6, 6.07) is 12.4. The van der Waals surface area contributed by atoms with Crippen molar-refractivity contribution in [2.75, 3.05) is 12.3 Å². The molecule has 4 rings (SSSR count). The fourth-order valence-corrected chi connectivity index (χ4v) is 3.83. The third kappa shape index (κ3) is 5.87. The van der Waals surface area contributed by atoms with E-state index in [1.165, 1.54) is 44.4 Å². The number of benzene rings is 2. The summed E-state index contributed by atoms with van der Waals surface area (Å²) in [6.45, 7) is 0.211. The van der Waals surface area contributed by atoms with Gasteiger partial charge in [-0.2, -0.15) is 13.2 Å². The van der Waals surface area contributed by atoms with E-state index in [0.717, 1.165) is 13.9 Å². The summed E-state index contributed by atoms with van der Waals surface area (Å²) in [5, 5.41) is 19.4. The van der Waals surface area contributed by atoms with Crippen LogP contribution in [0.3, 0.4) is 0 Å². The number of para-hydroxylation sites is 2. The lowest BCUT2D eigenvalue weighted by molar-refractivity contribution is -0.136. The molecule has 2 heterocycles. The van der Waals surface area contributed by atoms with Gasteiger partial charge in [-0.1, -0.05) is 23.7 Å². The Labute approximate surface area is 218 Å². The average Bonchev–Trinajstić information content (AvgIpc) is 3.44. The van der Waals surface area contributed by atoms with Crippen LogP contribution in [0.25, 0.3) is 17.1 Å². The van der Waals surface area contributed by atoms with Crippen molar-refractivity contribution in [2.45, 2.75) is 38.8 Å².